The Balaban J connectivity index is 1.73. The van der Waals surface area contributed by atoms with Crippen LogP contribution in [0, 0.1) is 0 Å². The number of pyridine rings is 1. The SMILES string of the molecule is CC(C)c1ccc(C2(C)NC(=O)N(CC(=O)Nc3ncc(C(F)(F)F)cc3Cl)C2=O)cc1. The number of benzene rings is 1. The van der Waals surface area contributed by atoms with Gasteiger partial charge >= 0.3 is 12.2 Å². The van der Waals surface area contributed by atoms with E-state index in [1.807, 2.05) is 26.0 Å². The summed E-state index contributed by atoms with van der Waals surface area (Å²) in [6.45, 7) is 4.92. The molecule has 0 saturated carbocycles. The summed E-state index contributed by atoms with van der Waals surface area (Å²) in [6, 6.07) is 7.05. The van der Waals surface area contributed by atoms with Crippen LogP contribution in [0.5, 0.6) is 0 Å². The zero-order valence-corrected chi connectivity index (χ0v) is 18.1. The second kappa shape index (κ2) is 8.42. The van der Waals surface area contributed by atoms with Gasteiger partial charge in [0.15, 0.2) is 5.82 Å². The van der Waals surface area contributed by atoms with Crippen molar-refractivity contribution in [2.45, 2.75) is 38.4 Å². The molecule has 1 atom stereocenters. The van der Waals surface area contributed by atoms with Crippen molar-refractivity contribution in [1.29, 1.82) is 0 Å². The fourth-order valence-electron chi connectivity index (χ4n) is 3.24. The summed E-state index contributed by atoms with van der Waals surface area (Å²) in [4.78, 5) is 42.0. The maximum absolute atomic E-state index is 13.0. The lowest BCUT2D eigenvalue weighted by Gasteiger charge is -2.22. The van der Waals surface area contributed by atoms with Gasteiger partial charge < -0.3 is 10.6 Å². The summed E-state index contributed by atoms with van der Waals surface area (Å²) in [5, 5.41) is 4.38. The molecule has 3 rings (SSSR count). The highest BCUT2D eigenvalue weighted by atomic mass is 35.5. The van der Waals surface area contributed by atoms with Crippen molar-refractivity contribution >= 4 is 35.3 Å². The van der Waals surface area contributed by atoms with Crippen LogP contribution in [0.25, 0.3) is 0 Å². The molecule has 170 valence electrons. The van der Waals surface area contributed by atoms with Crippen molar-refractivity contribution in [2.24, 2.45) is 0 Å². The van der Waals surface area contributed by atoms with Crippen LogP contribution in [0.4, 0.5) is 23.8 Å². The minimum Gasteiger partial charge on any atom is -0.319 e. The van der Waals surface area contributed by atoms with Crippen LogP contribution in [-0.4, -0.2) is 34.3 Å². The number of alkyl halides is 3. The molecule has 1 aliphatic rings. The van der Waals surface area contributed by atoms with Gasteiger partial charge in [-0.05, 0) is 30.0 Å². The Kier molecular flexibility index (Phi) is 6.19. The number of hydrogen-bond donors (Lipinski definition) is 2. The van der Waals surface area contributed by atoms with Gasteiger partial charge in [-0.2, -0.15) is 13.2 Å². The van der Waals surface area contributed by atoms with Gasteiger partial charge in [0.2, 0.25) is 5.91 Å². The molecule has 1 aromatic heterocycles. The van der Waals surface area contributed by atoms with Crippen molar-refractivity contribution in [3.63, 3.8) is 0 Å². The number of anilines is 1. The molecule has 1 unspecified atom stereocenters. The van der Waals surface area contributed by atoms with Crippen molar-refractivity contribution in [1.82, 2.24) is 15.2 Å². The Bertz CT molecular complexity index is 1070. The summed E-state index contributed by atoms with van der Waals surface area (Å²) in [5.74, 6) is -1.51. The Morgan fingerprint density at radius 2 is 1.88 bits per heavy atom. The number of amides is 4. The zero-order chi connectivity index (χ0) is 23.8. The van der Waals surface area contributed by atoms with E-state index >= 15 is 0 Å². The molecule has 32 heavy (non-hydrogen) atoms. The van der Waals surface area contributed by atoms with Crippen LogP contribution in [0.1, 0.15) is 43.4 Å². The molecule has 2 heterocycles. The third kappa shape index (κ3) is 4.55. The van der Waals surface area contributed by atoms with E-state index in [9.17, 15) is 27.6 Å². The second-order valence-electron chi connectivity index (χ2n) is 7.82. The summed E-state index contributed by atoms with van der Waals surface area (Å²) in [5.41, 5.74) is -0.826. The third-order valence-electron chi connectivity index (χ3n) is 5.16. The molecule has 0 bridgehead atoms. The number of nitrogens with one attached hydrogen (secondary N) is 2. The minimum atomic E-state index is -4.64. The molecule has 7 nitrogen and oxygen atoms in total. The number of carbonyl (C=O) groups excluding carboxylic acids is 3. The van der Waals surface area contributed by atoms with Crippen molar-refractivity contribution < 1.29 is 27.6 Å². The first-order valence-corrected chi connectivity index (χ1v) is 9.98. The molecule has 0 aliphatic carbocycles. The van der Waals surface area contributed by atoms with Crippen molar-refractivity contribution in [3.8, 4) is 0 Å². The first kappa shape index (κ1) is 23.5. The lowest BCUT2D eigenvalue weighted by molar-refractivity contribution is -0.137. The Morgan fingerprint density at radius 3 is 2.41 bits per heavy atom. The number of urea groups is 1. The largest absolute Gasteiger partial charge is 0.417 e. The van der Waals surface area contributed by atoms with Crippen LogP contribution in [0.3, 0.4) is 0 Å². The topological polar surface area (TPSA) is 91.4 Å². The Morgan fingerprint density at radius 1 is 1.25 bits per heavy atom. The maximum atomic E-state index is 13.0. The molecule has 4 amide bonds. The standard InChI is InChI=1S/C21H20ClF3N4O3/c1-11(2)12-4-6-13(7-5-12)20(3)18(31)29(19(32)28-20)10-16(30)27-17-15(22)8-14(9-26-17)21(23,24)25/h4-9,11H,10H2,1-3H3,(H,28,32)(H,26,27,30). The van der Waals surface area contributed by atoms with Crippen LogP contribution < -0.4 is 10.6 Å². The average molecular weight is 469 g/mol. The molecule has 0 spiro atoms. The van der Waals surface area contributed by atoms with Crippen LogP contribution in [-0.2, 0) is 21.3 Å². The van der Waals surface area contributed by atoms with Gasteiger partial charge in [0.25, 0.3) is 5.91 Å². The third-order valence-corrected chi connectivity index (χ3v) is 5.45. The van der Waals surface area contributed by atoms with Gasteiger partial charge in [0.1, 0.15) is 12.1 Å². The molecular formula is C21H20ClF3N4O3. The molecule has 1 aromatic carbocycles. The number of carbonyl (C=O) groups is 3. The van der Waals surface area contributed by atoms with E-state index in [-0.39, 0.29) is 11.7 Å². The number of imide groups is 1. The number of aromatic nitrogens is 1. The molecule has 1 fully saturated rings. The normalized spacial score (nSPS) is 18.8. The van der Waals surface area contributed by atoms with E-state index in [4.69, 9.17) is 11.6 Å². The second-order valence-corrected chi connectivity index (χ2v) is 8.23. The fraction of sp³-hybridized carbons (Fsp3) is 0.333. The van der Waals surface area contributed by atoms with E-state index < -0.39 is 46.7 Å². The highest BCUT2D eigenvalue weighted by Crippen LogP contribution is 2.33. The maximum Gasteiger partial charge on any atom is 0.417 e. The van der Waals surface area contributed by atoms with Crippen molar-refractivity contribution in [2.75, 3.05) is 11.9 Å². The lowest BCUT2D eigenvalue weighted by Crippen LogP contribution is -2.42. The van der Waals surface area contributed by atoms with E-state index in [1.54, 1.807) is 12.1 Å². The van der Waals surface area contributed by atoms with Gasteiger partial charge in [0.05, 0.1) is 10.6 Å². The first-order chi connectivity index (χ1) is 14.8. The van der Waals surface area contributed by atoms with Crippen LogP contribution in [0.2, 0.25) is 5.02 Å². The number of nitrogens with zero attached hydrogens (tertiary/aromatic N) is 2. The van der Waals surface area contributed by atoms with Gasteiger partial charge in [-0.1, -0.05) is 49.7 Å². The molecule has 2 N–H and O–H groups in total. The first-order valence-electron chi connectivity index (χ1n) is 9.60. The highest BCUT2D eigenvalue weighted by molar-refractivity contribution is 6.33. The summed E-state index contributed by atoms with van der Waals surface area (Å²) in [6.07, 6.45) is -4.12. The predicted molar refractivity (Wildman–Crippen MR) is 111 cm³/mol. The molecule has 11 heteroatoms. The fourth-order valence-corrected chi connectivity index (χ4v) is 3.45. The van der Waals surface area contributed by atoms with E-state index in [2.05, 4.69) is 15.6 Å². The Labute approximate surface area is 186 Å². The number of halogens is 4. The van der Waals surface area contributed by atoms with E-state index in [0.717, 1.165) is 10.5 Å². The van der Waals surface area contributed by atoms with Crippen molar-refractivity contribution in [3.05, 3.63) is 58.2 Å². The molecule has 1 saturated heterocycles. The minimum absolute atomic E-state index is 0.288. The van der Waals surface area contributed by atoms with Crippen LogP contribution >= 0.6 is 11.6 Å². The molecule has 1 aliphatic heterocycles. The predicted octanol–water partition coefficient (Wildman–Crippen LogP) is 4.28. The van der Waals surface area contributed by atoms with Gasteiger partial charge in [0, 0.05) is 6.20 Å². The molecular weight excluding hydrogens is 449 g/mol. The van der Waals surface area contributed by atoms with Gasteiger partial charge in [-0.3, -0.25) is 14.5 Å². The molecule has 0 radical (unpaired) electrons. The van der Waals surface area contributed by atoms with Gasteiger partial charge in [-0.25, -0.2) is 9.78 Å². The average Bonchev–Trinajstić information content (AvgIpc) is 2.92. The van der Waals surface area contributed by atoms with E-state index in [1.165, 1.54) is 6.92 Å². The monoisotopic (exact) mass is 468 g/mol. The highest BCUT2D eigenvalue weighted by Gasteiger charge is 2.49. The quantitative estimate of drug-likeness (QED) is 0.641. The number of hydrogen-bond acceptors (Lipinski definition) is 4. The number of rotatable bonds is 5. The van der Waals surface area contributed by atoms with Gasteiger partial charge in [-0.15, -0.1) is 0 Å². The summed E-state index contributed by atoms with van der Waals surface area (Å²) < 4.78 is 38.2. The molecule has 2 aromatic rings. The smallest absolute Gasteiger partial charge is 0.319 e. The lowest BCUT2D eigenvalue weighted by atomic mass is 9.90. The zero-order valence-electron chi connectivity index (χ0n) is 17.4. The Hall–Kier alpha value is -3.14. The van der Waals surface area contributed by atoms with E-state index in [0.29, 0.717) is 17.8 Å². The summed E-state index contributed by atoms with van der Waals surface area (Å²) >= 11 is 5.78. The summed E-state index contributed by atoms with van der Waals surface area (Å²) in [7, 11) is 0. The van der Waals surface area contributed by atoms with Crippen LogP contribution in [0.15, 0.2) is 36.5 Å².